The fourth-order valence-corrected chi connectivity index (χ4v) is 5.94. The Labute approximate surface area is 250 Å². The lowest BCUT2D eigenvalue weighted by Crippen LogP contribution is -2.38. The van der Waals surface area contributed by atoms with Gasteiger partial charge in [-0.2, -0.15) is 4.31 Å². The largest absolute Gasteiger partial charge is 0.497 e. The number of ether oxygens (including phenoxy) is 4. The molecule has 0 unspecified atom stereocenters. The highest BCUT2D eigenvalue weighted by molar-refractivity contribution is 7.89. The van der Waals surface area contributed by atoms with Crippen molar-refractivity contribution in [2.75, 3.05) is 40.5 Å². The first-order valence-corrected chi connectivity index (χ1v) is 15.1. The lowest BCUT2D eigenvalue weighted by Gasteiger charge is -2.30. The Kier molecular flexibility index (Phi) is 11.1. The van der Waals surface area contributed by atoms with Crippen molar-refractivity contribution >= 4 is 15.9 Å². The molecule has 0 bridgehead atoms. The Hall–Kier alpha value is -3.97. The van der Waals surface area contributed by atoms with Crippen LogP contribution in [0.3, 0.4) is 0 Å². The first-order valence-electron chi connectivity index (χ1n) is 13.6. The van der Waals surface area contributed by atoms with Crippen LogP contribution in [-0.4, -0.2) is 70.5 Å². The summed E-state index contributed by atoms with van der Waals surface area (Å²) in [5, 5.41) is 12.3. The molecule has 4 rings (SSSR count). The highest BCUT2D eigenvalue weighted by Gasteiger charge is 2.30. The van der Waals surface area contributed by atoms with Crippen molar-refractivity contribution in [3.63, 3.8) is 0 Å². The Bertz CT molecular complexity index is 1480. The van der Waals surface area contributed by atoms with Gasteiger partial charge in [-0.1, -0.05) is 24.3 Å². The fourth-order valence-electron chi connectivity index (χ4n) is 4.52. The van der Waals surface area contributed by atoms with Gasteiger partial charge in [-0.3, -0.25) is 4.79 Å². The molecule has 1 aliphatic heterocycles. The number of methoxy groups -OCH3 is 2. The molecule has 3 aromatic rings. The molecule has 1 aliphatic rings. The van der Waals surface area contributed by atoms with Crippen molar-refractivity contribution in [3.8, 4) is 11.5 Å². The molecule has 43 heavy (non-hydrogen) atoms. The molecule has 0 saturated carbocycles. The van der Waals surface area contributed by atoms with Gasteiger partial charge < -0.3 is 29.4 Å². The molecular weight excluding hydrogens is 579 g/mol. The van der Waals surface area contributed by atoms with Crippen LogP contribution in [0.2, 0.25) is 0 Å². The number of aliphatic hydroxyl groups excluding tert-OH is 1. The quantitative estimate of drug-likeness (QED) is 0.283. The van der Waals surface area contributed by atoms with E-state index in [2.05, 4.69) is 5.32 Å². The van der Waals surface area contributed by atoms with E-state index in [0.717, 1.165) is 9.87 Å². The predicted molar refractivity (Wildman–Crippen MR) is 156 cm³/mol. The number of aliphatic hydroxyl groups is 1. The van der Waals surface area contributed by atoms with Gasteiger partial charge in [0.25, 0.3) is 5.91 Å². The average Bonchev–Trinajstić information content (AvgIpc) is 3.03. The predicted octanol–water partition coefficient (Wildman–Crippen LogP) is 3.57. The first-order chi connectivity index (χ1) is 20.7. The van der Waals surface area contributed by atoms with Gasteiger partial charge in [-0.05, 0) is 65.7 Å². The number of nitrogens with one attached hydrogen (secondary N) is 1. The molecule has 2 atom stereocenters. The summed E-state index contributed by atoms with van der Waals surface area (Å²) in [5.41, 5.74) is 1.62. The highest BCUT2D eigenvalue weighted by atomic mass is 32.2. The SMILES string of the molecule is COc1ccc([C@@H]2C=C(C(=O)NCc3ccc(F)cc3)O[C@H](OCCN(CCO)S(=O)(=O)c3ccc(OC)cc3)C2)cc1. The van der Waals surface area contributed by atoms with Gasteiger partial charge in [0.1, 0.15) is 17.3 Å². The van der Waals surface area contributed by atoms with Crippen molar-refractivity contribution < 1.29 is 41.7 Å². The van der Waals surface area contributed by atoms with E-state index in [4.69, 9.17) is 18.9 Å². The second-order valence-electron chi connectivity index (χ2n) is 9.68. The van der Waals surface area contributed by atoms with Gasteiger partial charge in [0.2, 0.25) is 16.3 Å². The number of hydrogen-bond acceptors (Lipinski definition) is 8. The van der Waals surface area contributed by atoms with E-state index in [9.17, 15) is 22.7 Å². The summed E-state index contributed by atoms with van der Waals surface area (Å²) in [6.07, 6.45) is 1.23. The smallest absolute Gasteiger partial charge is 0.286 e. The van der Waals surface area contributed by atoms with E-state index in [0.29, 0.717) is 23.5 Å². The van der Waals surface area contributed by atoms with Crippen molar-refractivity contribution in [1.82, 2.24) is 9.62 Å². The van der Waals surface area contributed by atoms with E-state index in [-0.39, 0.29) is 55.2 Å². The van der Waals surface area contributed by atoms with Crippen LogP contribution in [0.1, 0.15) is 23.5 Å². The molecule has 0 aromatic heterocycles. The Morgan fingerprint density at radius 1 is 0.977 bits per heavy atom. The molecule has 0 spiro atoms. The number of nitrogens with zero attached hydrogens (tertiary/aromatic N) is 1. The minimum Gasteiger partial charge on any atom is -0.497 e. The second kappa shape index (κ2) is 15.0. The number of sulfonamides is 1. The third-order valence-corrected chi connectivity index (χ3v) is 8.80. The summed E-state index contributed by atoms with van der Waals surface area (Å²) in [4.78, 5) is 13.1. The number of carbonyl (C=O) groups is 1. The van der Waals surface area contributed by atoms with Crippen molar-refractivity contribution in [2.45, 2.75) is 30.1 Å². The Balaban J connectivity index is 1.45. The van der Waals surface area contributed by atoms with E-state index >= 15 is 0 Å². The van der Waals surface area contributed by atoms with Crippen LogP contribution >= 0.6 is 0 Å². The zero-order valence-electron chi connectivity index (χ0n) is 23.9. The van der Waals surface area contributed by atoms with Crippen LogP contribution in [0.25, 0.3) is 0 Å². The Morgan fingerprint density at radius 2 is 1.60 bits per heavy atom. The normalized spacial score (nSPS) is 16.7. The van der Waals surface area contributed by atoms with Crippen LogP contribution in [0.15, 0.2) is 89.5 Å². The number of allylic oxidation sites excluding steroid dienone is 1. The molecule has 0 aliphatic carbocycles. The molecular formula is C31H35FN2O8S. The van der Waals surface area contributed by atoms with E-state index in [1.807, 2.05) is 24.3 Å². The molecule has 3 aromatic carbocycles. The second-order valence-corrected chi connectivity index (χ2v) is 11.6. The highest BCUT2D eigenvalue weighted by Crippen LogP contribution is 2.32. The third kappa shape index (κ3) is 8.54. The van der Waals surface area contributed by atoms with Crippen LogP contribution in [-0.2, 0) is 30.8 Å². The topological polar surface area (TPSA) is 124 Å². The molecule has 2 N–H and O–H groups in total. The summed E-state index contributed by atoms with van der Waals surface area (Å²) < 4.78 is 63.1. The summed E-state index contributed by atoms with van der Waals surface area (Å²) in [6.45, 7) is -0.458. The molecule has 0 saturated heterocycles. The summed E-state index contributed by atoms with van der Waals surface area (Å²) in [7, 11) is -0.864. The number of hydrogen-bond donors (Lipinski definition) is 2. The zero-order chi connectivity index (χ0) is 30.8. The number of halogens is 1. The third-order valence-electron chi connectivity index (χ3n) is 6.88. The van der Waals surface area contributed by atoms with Gasteiger partial charge in [0.15, 0.2) is 5.76 Å². The average molecular weight is 615 g/mol. The summed E-state index contributed by atoms with van der Waals surface area (Å²) >= 11 is 0. The molecule has 10 nitrogen and oxygen atoms in total. The maximum atomic E-state index is 13.3. The Morgan fingerprint density at radius 3 is 2.21 bits per heavy atom. The standard InChI is InChI=1S/C31H35FN2O8S/c1-39-26-9-5-23(6-10-26)24-19-29(31(36)33-21-22-3-7-25(32)8-4-22)42-30(20-24)41-18-16-34(15-17-35)43(37,38)28-13-11-27(40-2)12-14-28/h3-14,19,24,30,35H,15-18,20-21H2,1-2H3,(H,33,36)/t24-,30+/m1/s1. The van der Waals surface area contributed by atoms with Crippen molar-refractivity contribution in [2.24, 2.45) is 0 Å². The van der Waals surface area contributed by atoms with Gasteiger partial charge >= 0.3 is 0 Å². The molecule has 1 heterocycles. The maximum absolute atomic E-state index is 13.3. The monoisotopic (exact) mass is 614 g/mol. The summed E-state index contributed by atoms with van der Waals surface area (Å²) in [5.74, 6) is 0.171. The van der Waals surface area contributed by atoms with Crippen molar-refractivity contribution in [1.29, 1.82) is 0 Å². The minimum atomic E-state index is -3.93. The van der Waals surface area contributed by atoms with E-state index in [1.54, 1.807) is 37.5 Å². The van der Waals surface area contributed by atoms with Crippen LogP contribution in [0.4, 0.5) is 4.39 Å². The van der Waals surface area contributed by atoms with E-state index in [1.165, 1.54) is 31.4 Å². The maximum Gasteiger partial charge on any atom is 0.286 e. The molecule has 12 heteroatoms. The molecule has 0 radical (unpaired) electrons. The molecule has 0 fully saturated rings. The van der Waals surface area contributed by atoms with Crippen LogP contribution in [0, 0.1) is 5.82 Å². The fraction of sp³-hybridized carbons (Fsp3) is 0.323. The van der Waals surface area contributed by atoms with Crippen molar-refractivity contribution in [3.05, 3.63) is 102 Å². The number of carbonyl (C=O) groups excluding carboxylic acids is 1. The first kappa shape index (κ1) is 32.0. The van der Waals surface area contributed by atoms with Gasteiger partial charge in [0.05, 0.1) is 32.3 Å². The van der Waals surface area contributed by atoms with Gasteiger partial charge in [-0.25, -0.2) is 12.8 Å². The minimum absolute atomic E-state index is 0.0530. The number of rotatable bonds is 14. The number of benzene rings is 3. The lowest BCUT2D eigenvalue weighted by atomic mass is 9.93. The molecule has 1 amide bonds. The van der Waals surface area contributed by atoms with Crippen LogP contribution in [0.5, 0.6) is 11.5 Å². The lowest BCUT2D eigenvalue weighted by molar-refractivity contribution is -0.146. The zero-order valence-corrected chi connectivity index (χ0v) is 24.8. The molecule has 230 valence electrons. The van der Waals surface area contributed by atoms with Gasteiger partial charge in [-0.15, -0.1) is 0 Å². The number of amides is 1. The van der Waals surface area contributed by atoms with Gasteiger partial charge in [0, 0.05) is 32.0 Å². The van der Waals surface area contributed by atoms with Crippen LogP contribution < -0.4 is 14.8 Å². The summed E-state index contributed by atoms with van der Waals surface area (Å²) in [6, 6.07) is 19.2. The van der Waals surface area contributed by atoms with E-state index < -0.39 is 22.2 Å².